The highest BCUT2D eigenvalue weighted by Gasteiger charge is 2.41. The molecular weight excluding hydrogens is 260 g/mol. The highest BCUT2D eigenvalue weighted by Crippen LogP contribution is 2.45. The van der Waals surface area contributed by atoms with Crippen LogP contribution in [0.4, 0.5) is 0 Å². The summed E-state index contributed by atoms with van der Waals surface area (Å²) >= 11 is 0. The molecule has 2 aliphatic rings. The molecule has 1 aliphatic heterocycles. The number of sulfonamides is 1. The molecule has 0 N–H and O–H groups in total. The van der Waals surface area contributed by atoms with Gasteiger partial charge in [0, 0.05) is 25.5 Å². The molecule has 1 saturated heterocycles. The van der Waals surface area contributed by atoms with Gasteiger partial charge >= 0.3 is 0 Å². The van der Waals surface area contributed by atoms with Gasteiger partial charge in [0.1, 0.15) is 4.90 Å². The van der Waals surface area contributed by atoms with Crippen LogP contribution >= 0.6 is 0 Å². The number of rotatable bonds is 2. The SMILES string of the molecule is O=S(=O)(c1cccnc1)N1CCCC2(CCCC2)C1. The summed E-state index contributed by atoms with van der Waals surface area (Å²) in [5, 5.41) is 0. The lowest BCUT2D eigenvalue weighted by Crippen LogP contribution is -2.44. The Bertz CT molecular complexity index is 536. The average molecular weight is 280 g/mol. The van der Waals surface area contributed by atoms with Crippen molar-refractivity contribution in [2.24, 2.45) is 5.41 Å². The fourth-order valence-electron chi connectivity index (χ4n) is 3.55. The van der Waals surface area contributed by atoms with Crippen LogP contribution in [0.3, 0.4) is 0 Å². The van der Waals surface area contributed by atoms with E-state index in [1.165, 1.54) is 38.3 Å². The van der Waals surface area contributed by atoms with Gasteiger partial charge in [-0.2, -0.15) is 4.31 Å². The van der Waals surface area contributed by atoms with Crippen LogP contribution in [0.15, 0.2) is 29.4 Å². The normalized spacial score (nSPS) is 23.8. The molecule has 2 heterocycles. The number of nitrogens with zero attached hydrogens (tertiary/aromatic N) is 2. The van der Waals surface area contributed by atoms with Crippen LogP contribution in [0.5, 0.6) is 0 Å². The van der Waals surface area contributed by atoms with Gasteiger partial charge in [0.25, 0.3) is 0 Å². The van der Waals surface area contributed by atoms with Gasteiger partial charge in [-0.05, 0) is 43.2 Å². The van der Waals surface area contributed by atoms with Crippen molar-refractivity contribution in [1.29, 1.82) is 0 Å². The van der Waals surface area contributed by atoms with Crippen molar-refractivity contribution in [3.63, 3.8) is 0 Å². The molecule has 4 nitrogen and oxygen atoms in total. The monoisotopic (exact) mass is 280 g/mol. The first kappa shape index (κ1) is 13.1. The number of piperidine rings is 1. The maximum Gasteiger partial charge on any atom is 0.244 e. The first-order valence-electron chi connectivity index (χ1n) is 7.03. The highest BCUT2D eigenvalue weighted by atomic mass is 32.2. The van der Waals surface area contributed by atoms with Crippen LogP contribution in [-0.2, 0) is 10.0 Å². The van der Waals surface area contributed by atoms with Gasteiger partial charge in [0.2, 0.25) is 10.0 Å². The van der Waals surface area contributed by atoms with Gasteiger partial charge < -0.3 is 0 Å². The Kier molecular flexibility index (Phi) is 3.35. The summed E-state index contributed by atoms with van der Waals surface area (Å²) in [6.45, 7) is 1.35. The van der Waals surface area contributed by atoms with Crippen molar-refractivity contribution in [3.8, 4) is 0 Å². The molecule has 0 amide bonds. The van der Waals surface area contributed by atoms with Crippen molar-refractivity contribution in [2.45, 2.75) is 43.4 Å². The van der Waals surface area contributed by atoms with Crippen LogP contribution in [0, 0.1) is 5.41 Å². The molecule has 0 aromatic carbocycles. The molecule has 2 fully saturated rings. The van der Waals surface area contributed by atoms with E-state index in [1.54, 1.807) is 22.6 Å². The van der Waals surface area contributed by atoms with Crippen LogP contribution in [0.25, 0.3) is 0 Å². The van der Waals surface area contributed by atoms with E-state index in [-0.39, 0.29) is 5.41 Å². The molecule has 1 spiro atoms. The lowest BCUT2D eigenvalue weighted by molar-refractivity contribution is 0.152. The van der Waals surface area contributed by atoms with Gasteiger partial charge in [-0.15, -0.1) is 0 Å². The Morgan fingerprint density at radius 1 is 1.16 bits per heavy atom. The summed E-state index contributed by atoms with van der Waals surface area (Å²) in [6, 6.07) is 3.32. The van der Waals surface area contributed by atoms with Gasteiger partial charge in [-0.25, -0.2) is 8.42 Å². The maximum atomic E-state index is 12.6. The summed E-state index contributed by atoms with van der Waals surface area (Å²) in [7, 11) is -3.35. The molecule has 0 unspecified atom stereocenters. The lowest BCUT2D eigenvalue weighted by atomic mass is 9.79. The van der Waals surface area contributed by atoms with E-state index < -0.39 is 10.0 Å². The quantitative estimate of drug-likeness (QED) is 0.836. The molecule has 0 atom stereocenters. The molecule has 3 rings (SSSR count). The maximum absolute atomic E-state index is 12.6. The van der Waals surface area contributed by atoms with E-state index in [4.69, 9.17) is 0 Å². The number of hydrogen-bond acceptors (Lipinski definition) is 3. The first-order valence-corrected chi connectivity index (χ1v) is 8.47. The predicted molar refractivity (Wildman–Crippen MR) is 73.1 cm³/mol. The molecule has 1 aromatic rings. The summed E-state index contributed by atoms with van der Waals surface area (Å²) in [5.74, 6) is 0. The molecule has 19 heavy (non-hydrogen) atoms. The van der Waals surface area contributed by atoms with Crippen molar-refractivity contribution in [1.82, 2.24) is 9.29 Å². The minimum atomic E-state index is -3.35. The van der Waals surface area contributed by atoms with E-state index >= 15 is 0 Å². The van der Waals surface area contributed by atoms with Crippen molar-refractivity contribution < 1.29 is 8.42 Å². The van der Waals surface area contributed by atoms with Crippen molar-refractivity contribution in [2.75, 3.05) is 13.1 Å². The summed E-state index contributed by atoms with van der Waals surface area (Å²) in [5.41, 5.74) is 0.257. The molecule has 1 aliphatic carbocycles. The van der Waals surface area contributed by atoms with Crippen LogP contribution < -0.4 is 0 Å². The smallest absolute Gasteiger partial charge is 0.244 e. The Labute approximate surface area is 114 Å². The Morgan fingerprint density at radius 3 is 2.58 bits per heavy atom. The fraction of sp³-hybridized carbons (Fsp3) is 0.643. The topological polar surface area (TPSA) is 50.3 Å². The summed E-state index contributed by atoms with van der Waals surface area (Å²) in [4.78, 5) is 4.25. The molecule has 1 aromatic heterocycles. The van der Waals surface area contributed by atoms with Gasteiger partial charge in [0.05, 0.1) is 0 Å². The fourth-order valence-corrected chi connectivity index (χ4v) is 5.11. The third-order valence-electron chi connectivity index (χ3n) is 4.56. The zero-order chi connectivity index (χ0) is 13.3. The van der Waals surface area contributed by atoms with Crippen LogP contribution in [-0.4, -0.2) is 30.8 Å². The van der Waals surface area contributed by atoms with Gasteiger partial charge in [-0.1, -0.05) is 12.8 Å². The Morgan fingerprint density at radius 2 is 1.89 bits per heavy atom. The zero-order valence-corrected chi connectivity index (χ0v) is 11.9. The van der Waals surface area contributed by atoms with E-state index in [2.05, 4.69) is 4.98 Å². The molecule has 5 heteroatoms. The van der Waals surface area contributed by atoms with E-state index in [0.29, 0.717) is 18.0 Å². The average Bonchev–Trinajstić information content (AvgIpc) is 2.88. The molecular formula is C14H20N2O2S. The lowest BCUT2D eigenvalue weighted by Gasteiger charge is -2.39. The standard InChI is InChI=1S/C14H20N2O2S/c17-19(18,13-5-3-9-15-11-13)16-10-4-8-14(12-16)6-1-2-7-14/h3,5,9,11H,1-2,4,6-8,10,12H2. The third kappa shape index (κ3) is 2.41. The minimum absolute atomic E-state index is 0.257. The zero-order valence-electron chi connectivity index (χ0n) is 11.1. The van der Waals surface area contributed by atoms with Gasteiger partial charge in [0.15, 0.2) is 0 Å². The van der Waals surface area contributed by atoms with Crippen LogP contribution in [0.2, 0.25) is 0 Å². The first-order chi connectivity index (χ1) is 9.12. The number of aromatic nitrogens is 1. The Balaban J connectivity index is 1.85. The van der Waals surface area contributed by atoms with Crippen molar-refractivity contribution >= 4 is 10.0 Å². The van der Waals surface area contributed by atoms with E-state index in [1.807, 2.05) is 0 Å². The second-order valence-electron chi connectivity index (χ2n) is 5.84. The minimum Gasteiger partial charge on any atom is -0.263 e. The molecule has 0 radical (unpaired) electrons. The predicted octanol–water partition coefficient (Wildman–Crippen LogP) is 2.43. The number of hydrogen-bond donors (Lipinski definition) is 0. The highest BCUT2D eigenvalue weighted by molar-refractivity contribution is 7.89. The molecule has 1 saturated carbocycles. The second kappa shape index (κ2) is 4.87. The van der Waals surface area contributed by atoms with E-state index in [9.17, 15) is 8.42 Å². The summed E-state index contributed by atoms with van der Waals surface area (Å²) in [6.07, 6.45) is 10.1. The molecule has 104 valence electrons. The summed E-state index contributed by atoms with van der Waals surface area (Å²) < 4.78 is 26.9. The largest absolute Gasteiger partial charge is 0.263 e. The van der Waals surface area contributed by atoms with Gasteiger partial charge in [-0.3, -0.25) is 4.98 Å². The second-order valence-corrected chi connectivity index (χ2v) is 7.78. The molecule has 0 bridgehead atoms. The van der Waals surface area contributed by atoms with E-state index in [0.717, 1.165) is 6.42 Å². The van der Waals surface area contributed by atoms with Crippen molar-refractivity contribution in [3.05, 3.63) is 24.5 Å². The Hall–Kier alpha value is -0.940. The van der Waals surface area contributed by atoms with Crippen LogP contribution in [0.1, 0.15) is 38.5 Å². The third-order valence-corrected chi connectivity index (χ3v) is 6.39. The number of pyridine rings is 1.